The fraction of sp³-hybridized carbons (Fsp3) is 0.842. The van der Waals surface area contributed by atoms with Crippen LogP contribution < -0.4 is 0 Å². The highest BCUT2D eigenvalue weighted by Crippen LogP contribution is 2.34. The van der Waals surface area contributed by atoms with Crippen LogP contribution in [0, 0.1) is 0 Å². The summed E-state index contributed by atoms with van der Waals surface area (Å²) in [6, 6.07) is 2.23. The third-order valence-corrected chi connectivity index (χ3v) is 4.75. The zero-order valence-electron chi connectivity index (χ0n) is 14.8. The molecule has 0 fully saturated rings. The van der Waals surface area contributed by atoms with E-state index in [1.165, 1.54) is 76.3 Å². The normalized spacial score (nSPS) is 14.3. The highest BCUT2D eigenvalue weighted by atomic mass is 15.2. The van der Waals surface area contributed by atoms with Crippen molar-refractivity contribution in [2.24, 2.45) is 7.05 Å². The number of rotatable bonds is 12. The Morgan fingerprint density at radius 3 is 1.90 bits per heavy atom. The van der Waals surface area contributed by atoms with Gasteiger partial charge < -0.3 is 0 Å². The number of hydrogen-bond donors (Lipinski definition) is 0. The molecule has 1 heterocycles. The molecule has 1 unspecified atom stereocenters. The molecule has 0 bridgehead atoms. The van der Waals surface area contributed by atoms with Gasteiger partial charge in [-0.25, -0.2) is 0 Å². The smallest absolute Gasteiger partial charge is 0.0683 e. The van der Waals surface area contributed by atoms with E-state index in [9.17, 15) is 0 Å². The summed E-state index contributed by atoms with van der Waals surface area (Å²) in [5, 5.41) is 4.71. The first kappa shape index (κ1) is 18.3. The van der Waals surface area contributed by atoms with Gasteiger partial charge in [0.25, 0.3) is 0 Å². The first-order valence-corrected chi connectivity index (χ1v) is 9.12. The van der Waals surface area contributed by atoms with Crippen molar-refractivity contribution in [3.05, 3.63) is 18.0 Å². The van der Waals surface area contributed by atoms with Crippen molar-refractivity contribution in [2.75, 3.05) is 0 Å². The Morgan fingerprint density at radius 1 is 0.905 bits per heavy atom. The maximum Gasteiger partial charge on any atom is 0.0683 e. The highest BCUT2D eigenvalue weighted by Gasteiger charge is 2.27. The van der Waals surface area contributed by atoms with E-state index in [-0.39, 0.29) is 5.41 Å². The maximum atomic E-state index is 4.71. The van der Waals surface area contributed by atoms with Crippen LogP contribution in [-0.2, 0) is 12.5 Å². The van der Waals surface area contributed by atoms with Gasteiger partial charge in [-0.15, -0.1) is 0 Å². The first-order valence-electron chi connectivity index (χ1n) is 9.12. The van der Waals surface area contributed by atoms with Gasteiger partial charge in [0.15, 0.2) is 0 Å². The van der Waals surface area contributed by atoms with E-state index in [2.05, 4.69) is 33.0 Å². The number of aromatic nitrogens is 2. The minimum Gasteiger partial charge on any atom is -0.276 e. The average molecular weight is 293 g/mol. The molecule has 0 saturated carbocycles. The van der Waals surface area contributed by atoms with Crippen molar-refractivity contribution < 1.29 is 0 Å². The lowest BCUT2D eigenvalue weighted by Gasteiger charge is -2.28. The Kier molecular flexibility index (Phi) is 8.72. The topological polar surface area (TPSA) is 17.8 Å². The predicted molar refractivity (Wildman–Crippen MR) is 92.7 cm³/mol. The van der Waals surface area contributed by atoms with Gasteiger partial charge in [-0.05, 0) is 18.9 Å². The largest absolute Gasteiger partial charge is 0.276 e. The van der Waals surface area contributed by atoms with Crippen molar-refractivity contribution in [1.29, 1.82) is 0 Å². The Balaban J connectivity index is 2.52. The van der Waals surface area contributed by atoms with Gasteiger partial charge in [0.05, 0.1) is 5.69 Å². The van der Waals surface area contributed by atoms with E-state index in [4.69, 9.17) is 5.10 Å². The molecular weight excluding hydrogens is 256 g/mol. The van der Waals surface area contributed by atoms with Gasteiger partial charge in [-0.3, -0.25) is 4.68 Å². The van der Waals surface area contributed by atoms with E-state index < -0.39 is 0 Å². The molecule has 0 aliphatic heterocycles. The van der Waals surface area contributed by atoms with Crippen LogP contribution in [0.2, 0.25) is 0 Å². The van der Waals surface area contributed by atoms with Crippen LogP contribution >= 0.6 is 0 Å². The van der Waals surface area contributed by atoms with Crippen molar-refractivity contribution in [3.8, 4) is 0 Å². The van der Waals surface area contributed by atoms with Gasteiger partial charge in [0, 0.05) is 18.7 Å². The second kappa shape index (κ2) is 10.0. The Morgan fingerprint density at radius 2 is 1.43 bits per heavy atom. The molecule has 0 amide bonds. The minimum atomic E-state index is 0.279. The third-order valence-electron chi connectivity index (χ3n) is 4.75. The molecule has 1 aromatic heterocycles. The fourth-order valence-electron chi connectivity index (χ4n) is 3.18. The van der Waals surface area contributed by atoms with Crippen LogP contribution in [0.4, 0.5) is 0 Å². The SMILES string of the molecule is CCCCCCCC(C)(CCCCCC)c1ccn(C)n1. The number of unbranched alkanes of at least 4 members (excludes halogenated alkanes) is 7. The molecule has 1 aromatic rings. The number of aryl methyl sites for hydroxylation is 1. The highest BCUT2D eigenvalue weighted by molar-refractivity contribution is 5.13. The lowest BCUT2D eigenvalue weighted by Crippen LogP contribution is -2.23. The molecule has 1 atom stereocenters. The van der Waals surface area contributed by atoms with Crippen LogP contribution in [0.25, 0.3) is 0 Å². The molecule has 21 heavy (non-hydrogen) atoms. The number of hydrogen-bond acceptors (Lipinski definition) is 1. The molecule has 0 spiro atoms. The van der Waals surface area contributed by atoms with E-state index in [0.29, 0.717) is 0 Å². The summed E-state index contributed by atoms with van der Waals surface area (Å²) in [5.41, 5.74) is 1.58. The van der Waals surface area contributed by atoms with Gasteiger partial charge in [0.1, 0.15) is 0 Å². The van der Waals surface area contributed by atoms with Crippen LogP contribution in [0.15, 0.2) is 12.3 Å². The Bertz CT molecular complexity index is 369. The summed E-state index contributed by atoms with van der Waals surface area (Å²) in [6.45, 7) is 7.00. The van der Waals surface area contributed by atoms with Crippen LogP contribution in [0.1, 0.15) is 97.1 Å². The van der Waals surface area contributed by atoms with E-state index in [1.807, 2.05) is 11.7 Å². The Hall–Kier alpha value is -0.790. The van der Waals surface area contributed by atoms with Crippen LogP contribution in [-0.4, -0.2) is 9.78 Å². The monoisotopic (exact) mass is 292 g/mol. The average Bonchev–Trinajstić information content (AvgIpc) is 2.91. The molecule has 0 saturated heterocycles. The van der Waals surface area contributed by atoms with E-state index in [0.717, 1.165) is 0 Å². The van der Waals surface area contributed by atoms with Crippen molar-refractivity contribution >= 4 is 0 Å². The Labute approximate surface area is 132 Å². The fourth-order valence-corrected chi connectivity index (χ4v) is 3.18. The van der Waals surface area contributed by atoms with Crippen LogP contribution in [0.5, 0.6) is 0 Å². The number of nitrogens with zero attached hydrogens (tertiary/aromatic N) is 2. The molecule has 122 valence electrons. The quantitative estimate of drug-likeness (QED) is 0.431. The summed E-state index contributed by atoms with van der Waals surface area (Å²) in [4.78, 5) is 0. The summed E-state index contributed by atoms with van der Waals surface area (Å²) in [6.07, 6.45) is 16.9. The molecule has 2 nitrogen and oxygen atoms in total. The predicted octanol–water partition coefficient (Wildman–Crippen LogP) is 6.01. The second-order valence-electron chi connectivity index (χ2n) is 6.91. The van der Waals surface area contributed by atoms with Gasteiger partial charge in [0.2, 0.25) is 0 Å². The maximum absolute atomic E-state index is 4.71. The lowest BCUT2D eigenvalue weighted by atomic mass is 9.77. The summed E-state index contributed by atoms with van der Waals surface area (Å²) in [7, 11) is 2.03. The summed E-state index contributed by atoms with van der Waals surface area (Å²) < 4.78 is 1.96. The van der Waals surface area contributed by atoms with Gasteiger partial charge in [-0.1, -0.05) is 78.6 Å². The van der Waals surface area contributed by atoms with Gasteiger partial charge in [-0.2, -0.15) is 5.10 Å². The molecular formula is C19H36N2. The lowest BCUT2D eigenvalue weighted by molar-refractivity contribution is 0.352. The molecule has 0 aliphatic carbocycles. The zero-order valence-corrected chi connectivity index (χ0v) is 14.8. The second-order valence-corrected chi connectivity index (χ2v) is 6.91. The molecule has 2 heteroatoms. The van der Waals surface area contributed by atoms with Crippen LogP contribution in [0.3, 0.4) is 0 Å². The zero-order chi connectivity index (χ0) is 15.6. The van der Waals surface area contributed by atoms with Crippen molar-refractivity contribution in [2.45, 2.75) is 96.8 Å². The third kappa shape index (κ3) is 6.67. The van der Waals surface area contributed by atoms with E-state index >= 15 is 0 Å². The standard InChI is InChI=1S/C19H36N2/c1-5-7-9-11-13-16-19(3,15-12-10-8-6-2)18-14-17-21(4)20-18/h14,17H,5-13,15-16H2,1-4H3. The van der Waals surface area contributed by atoms with Crippen molar-refractivity contribution in [3.63, 3.8) is 0 Å². The van der Waals surface area contributed by atoms with E-state index in [1.54, 1.807) is 0 Å². The summed E-state index contributed by atoms with van der Waals surface area (Å²) >= 11 is 0. The molecule has 1 rings (SSSR count). The van der Waals surface area contributed by atoms with Crippen molar-refractivity contribution in [1.82, 2.24) is 9.78 Å². The minimum absolute atomic E-state index is 0.279. The van der Waals surface area contributed by atoms with Gasteiger partial charge >= 0.3 is 0 Å². The molecule has 0 N–H and O–H groups in total. The molecule has 0 radical (unpaired) electrons. The molecule has 0 aliphatic rings. The summed E-state index contributed by atoms with van der Waals surface area (Å²) in [5.74, 6) is 0. The molecule has 0 aromatic carbocycles. The first-order chi connectivity index (χ1) is 10.1.